The summed E-state index contributed by atoms with van der Waals surface area (Å²) in [6, 6.07) is 21.3. The Morgan fingerprint density at radius 1 is 0.932 bits per heavy atom. The van der Waals surface area contributed by atoms with Crippen LogP contribution in [-0.2, 0) is 25.5 Å². The number of hydrogen-bond donors (Lipinski definition) is 1. The van der Waals surface area contributed by atoms with Crippen molar-refractivity contribution >= 4 is 63.6 Å². The zero-order chi connectivity index (χ0) is 31.4. The van der Waals surface area contributed by atoms with Crippen LogP contribution in [0.2, 0.25) is 10.0 Å². The Labute approximate surface area is 281 Å². The Morgan fingerprint density at radius 3 is 2.05 bits per heavy atom. The smallest absolute Gasteiger partial charge is 0.306 e. The maximum Gasteiger partial charge on any atom is 0.306 e. The number of ether oxygens (including phenoxy) is 1. The fourth-order valence-corrected chi connectivity index (χ4v) is 6.81. The van der Waals surface area contributed by atoms with E-state index in [9.17, 15) is 19.5 Å². The summed E-state index contributed by atoms with van der Waals surface area (Å²) in [5.41, 5.74) is 2.59. The van der Waals surface area contributed by atoms with Crippen LogP contribution >= 0.6 is 45.8 Å². The van der Waals surface area contributed by atoms with Gasteiger partial charge in [-0.1, -0.05) is 72.9 Å². The number of morpholine rings is 1. The highest BCUT2D eigenvalue weighted by atomic mass is 127. The number of hydrogen-bond acceptors (Lipinski definition) is 4. The molecule has 232 valence electrons. The molecule has 7 nitrogen and oxygen atoms in total. The van der Waals surface area contributed by atoms with Crippen molar-refractivity contribution in [3.63, 3.8) is 0 Å². The molecule has 0 bridgehead atoms. The first-order valence-corrected chi connectivity index (χ1v) is 16.7. The van der Waals surface area contributed by atoms with E-state index in [4.69, 9.17) is 27.9 Å². The summed E-state index contributed by atoms with van der Waals surface area (Å²) in [6.45, 7) is 2.68. The molecule has 0 spiro atoms. The van der Waals surface area contributed by atoms with Crippen molar-refractivity contribution < 1.29 is 24.2 Å². The lowest BCUT2D eigenvalue weighted by Crippen LogP contribution is -2.60. The Hall–Kier alpha value is -2.66. The molecule has 2 saturated heterocycles. The SMILES string of the molecule is CCC[C@H](C(=O)N1CCC(C(=O)O)CC1)N1C(=O)[C@H](Cc2ccc(I)cc2)O[C@@H](c2ccc(Cl)cc2)[C@H]1c1ccc(Cl)cc1. The highest BCUT2D eigenvalue weighted by Gasteiger charge is 2.49. The first-order chi connectivity index (χ1) is 21.2. The van der Waals surface area contributed by atoms with Crippen LogP contribution in [0.5, 0.6) is 0 Å². The molecule has 2 amide bonds. The van der Waals surface area contributed by atoms with Crippen LogP contribution in [-0.4, -0.2) is 57.9 Å². The second kappa shape index (κ2) is 14.6. The number of piperidine rings is 1. The minimum atomic E-state index is -0.836. The monoisotopic (exact) mass is 748 g/mol. The van der Waals surface area contributed by atoms with E-state index in [-0.39, 0.29) is 11.8 Å². The Morgan fingerprint density at radius 2 is 1.50 bits per heavy atom. The van der Waals surface area contributed by atoms with Crippen molar-refractivity contribution in [2.75, 3.05) is 13.1 Å². The number of carboxylic acid groups (broad SMARTS) is 1. The lowest BCUT2D eigenvalue weighted by atomic mass is 9.88. The fraction of sp³-hybridized carbons (Fsp3) is 0.382. The zero-order valence-electron chi connectivity index (χ0n) is 24.4. The van der Waals surface area contributed by atoms with Crippen LogP contribution in [0.3, 0.4) is 0 Å². The standard InChI is InChI=1S/C34H35Cl2IN2O5/c1-2-3-28(32(40)38-18-16-24(17-19-38)34(42)43)39-30(22-6-10-25(35)11-7-22)31(23-8-12-26(36)13-9-23)44-29(33(39)41)20-21-4-14-27(37)15-5-21/h4-15,24,28-31H,2-3,16-20H2,1H3,(H,42,43)/t28-,29+,30-,31+/m1/s1. The average Bonchev–Trinajstić information content (AvgIpc) is 3.02. The summed E-state index contributed by atoms with van der Waals surface area (Å²) in [6.07, 6.45) is 0.834. The lowest BCUT2D eigenvalue weighted by molar-refractivity contribution is -0.183. The molecule has 3 aromatic rings. The summed E-state index contributed by atoms with van der Waals surface area (Å²) in [5.74, 6) is -1.71. The van der Waals surface area contributed by atoms with Gasteiger partial charge in [-0.2, -0.15) is 0 Å². The predicted octanol–water partition coefficient (Wildman–Crippen LogP) is 7.34. The van der Waals surface area contributed by atoms with Gasteiger partial charge in [0.25, 0.3) is 5.91 Å². The van der Waals surface area contributed by atoms with Crippen LogP contribution in [0.25, 0.3) is 0 Å². The van der Waals surface area contributed by atoms with E-state index >= 15 is 0 Å². The molecule has 4 atom stereocenters. The van der Waals surface area contributed by atoms with Crippen LogP contribution in [0, 0.1) is 9.49 Å². The van der Waals surface area contributed by atoms with Gasteiger partial charge in [-0.25, -0.2) is 0 Å². The molecule has 44 heavy (non-hydrogen) atoms. The molecular weight excluding hydrogens is 714 g/mol. The number of halogens is 3. The second-order valence-corrected chi connectivity index (χ2v) is 13.5. The predicted molar refractivity (Wildman–Crippen MR) is 179 cm³/mol. The number of likely N-dealkylation sites (tertiary alicyclic amines) is 1. The number of carbonyl (C=O) groups excluding carboxylic acids is 2. The molecule has 3 aromatic carbocycles. The van der Waals surface area contributed by atoms with Gasteiger partial charge in [0.05, 0.1) is 12.0 Å². The van der Waals surface area contributed by atoms with Gasteiger partial charge in [0.2, 0.25) is 5.91 Å². The first kappa shape index (κ1) is 32.7. The molecule has 0 unspecified atom stereocenters. The summed E-state index contributed by atoms with van der Waals surface area (Å²) in [4.78, 5) is 44.0. The van der Waals surface area contributed by atoms with Gasteiger partial charge in [-0.15, -0.1) is 0 Å². The third-order valence-corrected chi connectivity index (χ3v) is 9.73. The Kier molecular flexibility index (Phi) is 10.9. The summed E-state index contributed by atoms with van der Waals surface area (Å²) in [5, 5.41) is 10.7. The van der Waals surface area contributed by atoms with Gasteiger partial charge in [0.15, 0.2) is 0 Å². The number of benzene rings is 3. The third kappa shape index (κ3) is 7.41. The van der Waals surface area contributed by atoms with Crippen molar-refractivity contribution in [1.29, 1.82) is 0 Å². The summed E-state index contributed by atoms with van der Waals surface area (Å²) < 4.78 is 7.81. The normalized spacial score (nSPS) is 21.7. The molecule has 0 saturated carbocycles. The van der Waals surface area contributed by atoms with Crippen LogP contribution < -0.4 is 0 Å². The van der Waals surface area contributed by atoms with E-state index in [0.717, 1.165) is 20.3 Å². The van der Waals surface area contributed by atoms with Gasteiger partial charge < -0.3 is 19.6 Å². The lowest BCUT2D eigenvalue weighted by Gasteiger charge is -2.48. The minimum absolute atomic E-state index is 0.159. The van der Waals surface area contributed by atoms with Gasteiger partial charge >= 0.3 is 5.97 Å². The van der Waals surface area contributed by atoms with E-state index in [1.54, 1.807) is 34.1 Å². The van der Waals surface area contributed by atoms with Crippen LogP contribution in [0.1, 0.15) is 61.4 Å². The third-order valence-electron chi connectivity index (χ3n) is 8.51. The van der Waals surface area contributed by atoms with Crippen molar-refractivity contribution in [2.24, 2.45) is 5.92 Å². The van der Waals surface area contributed by atoms with Crippen molar-refractivity contribution in [3.05, 3.63) is 103 Å². The number of nitrogens with zero attached hydrogens (tertiary/aromatic N) is 2. The Balaban J connectivity index is 1.59. The topological polar surface area (TPSA) is 87.2 Å². The van der Waals surface area contributed by atoms with E-state index in [2.05, 4.69) is 22.6 Å². The molecule has 0 radical (unpaired) electrons. The molecule has 1 N–H and O–H groups in total. The van der Waals surface area contributed by atoms with Gasteiger partial charge in [0, 0.05) is 33.1 Å². The first-order valence-electron chi connectivity index (χ1n) is 14.9. The molecule has 2 fully saturated rings. The number of aliphatic carboxylic acids is 1. The summed E-state index contributed by atoms with van der Waals surface area (Å²) in [7, 11) is 0. The molecule has 2 aliphatic heterocycles. The van der Waals surface area contributed by atoms with Gasteiger partial charge in [-0.05, 0) is 94.9 Å². The fourth-order valence-electron chi connectivity index (χ4n) is 6.20. The van der Waals surface area contributed by atoms with Crippen molar-refractivity contribution in [3.8, 4) is 0 Å². The number of carboxylic acids is 1. The van der Waals surface area contributed by atoms with E-state index in [0.29, 0.717) is 55.2 Å². The molecular formula is C34H35Cl2IN2O5. The molecule has 2 heterocycles. The number of carbonyl (C=O) groups is 3. The van der Waals surface area contributed by atoms with E-state index in [1.165, 1.54) is 0 Å². The molecule has 10 heteroatoms. The highest BCUT2D eigenvalue weighted by molar-refractivity contribution is 14.1. The summed E-state index contributed by atoms with van der Waals surface area (Å²) >= 11 is 14.8. The van der Waals surface area contributed by atoms with Crippen molar-refractivity contribution in [1.82, 2.24) is 9.80 Å². The van der Waals surface area contributed by atoms with Crippen LogP contribution in [0.4, 0.5) is 0 Å². The van der Waals surface area contributed by atoms with Gasteiger partial charge in [0.1, 0.15) is 18.2 Å². The molecule has 2 aliphatic rings. The minimum Gasteiger partial charge on any atom is -0.481 e. The molecule has 0 aliphatic carbocycles. The number of amides is 2. The zero-order valence-corrected chi connectivity index (χ0v) is 28.0. The van der Waals surface area contributed by atoms with E-state index < -0.39 is 36.2 Å². The number of rotatable bonds is 9. The maximum absolute atomic E-state index is 14.6. The maximum atomic E-state index is 14.6. The molecule has 0 aromatic heterocycles. The van der Waals surface area contributed by atoms with Crippen molar-refractivity contribution in [2.45, 2.75) is 63.3 Å². The quantitative estimate of drug-likeness (QED) is 0.232. The highest BCUT2D eigenvalue weighted by Crippen LogP contribution is 2.45. The van der Waals surface area contributed by atoms with E-state index in [1.807, 2.05) is 55.5 Å². The molecule has 5 rings (SSSR count). The average molecular weight is 749 g/mol. The largest absolute Gasteiger partial charge is 0.481 e. The second-order valence-electron chi connectivity index (χ2n) is 11.4. The van der Waals surface area contributed by atoms with Crippen LogP contribution in [0.15, 0.2) is 72.8 Å². The van der Waals surface area contributed by atoms with Gasteiger partial charge in [-0.3, -0.25) is 14.4 Å². The Bertz CT molecular complexity index is 1460.